The molecule has 2 atom stereocenters. The first-order chi connectivity index (χ1) is 15.6. The summed E-state index contributed by atoms with van der Waals surface area (Å²) >= 11 is 0. The van der Waals surface area contributed by atoms with Crippen molar-refractivity contribution in [2.75, 3.05) is 13.2 Å². The number of aliphatic imine (C=N–C) groups is 2. The molecule has 0 saturated heterocycles. The van der Waals surface area contributed by atoms with Gasteiger partial charge >= 0.3 is 15.6 Å². The van der Waals surface area contributed by atoms with Gasteiger partial charge in [-0.3, -0.25) is 4.55 Å². The minimum atomic E-state index is -5.84. The monoisotopic (exact) mass is 547 g/mol. The average Bonchev–Trinajstić information content (AvgIpc) is 3.38. The van der Waals surface area contributed by atoms with Gasteiger partial charge in [-0.25, -0.2) is 9.98 Å². The fourth-order valence-corrected chi connectivity index (χ4v) is 3.25. The van der Waals surface area contributed by atoms with Crippen LogP contribution in [0.2, 0.25) is 0 Å². The Bertz CT molecular complexity index is 1020. The van der Waals surface area contributed by atoms with Gasteiger partial charge in [0.25, 0.3) is 0 Å². The zero-order chi connectivity index (χ0) is 23.9. The Morgan fingerprint density at radius 2 is 1.18 bits per heavy atom. The van der Waals surface area contributed by atoms with Gasteiger partial charge in [0.05, 0.1) is 18.5 Å². The van der Waals surface area contributed by atoms with Crippen molar-refractivity contribution in [1.82, 2.24) is 0 Å². The van der Waals surface area contributed by atoms with E-state index < -0.39 is 15.6 Å². The van der Waals surface area contributed by atoms with E-state index in [4.69, 9.17) is 22.4 Å². The normalized spacial score (nSPS) is 19.5. The van der Waals surface area contributed by atoms with Gasteiger partial charge in [-0.05, 0) is 24.0 Å². The van der Waals surface area contributed by atoms with E-state index in [-0.39, 0.29) is 29.2 Å². The van der Waals surface area contributed by atoms with Crippen molar-refractivity contribution in [3.63, 3.8) is 0 Å². The molecule has 0 unspecified atom stereocenters. The second kappa shape index (κ2) is 12.3. The Morgan fingerprint density at radius 3 is 1.50 bits per heavy atom. The van der Waals surface area contributed by atoms with E-state index >= 15 is 0 Å². The maximum Gasteiger partial charge on any atom is 0.522 e. The first-order valence-electron chi connectivity index (χ1n) is 10.1. The van der Waals surface area contributed by atoms with Crippen molar-refractivity contribution < 1.29 is 52.7 Å². The minimum Gasteiger partial charge on any atom is -0.478 e. The molecule has 2 aromatic carbocycles. The Hall–Kier alpha value is -2.40. The Labute approximate surface area is 206 Å². The van der Waals surface area contributed by atoms with Crippen molar-refractivity contribution in [2.45, 2.75) is 36.9 Å². The van der Waals surface area contributed by atoms with Crippen LogP contribution in [0, 0.1) is 0 Å². The summed E-state index contributed by atoms with van der Waals surface area (Å²) in [5.74, 6) is 1.50. The molecule has 1 N–H and O–H groups in total. The van der Waals surface area contributed by atoms with Crippen LogP contribution in [-0.4, -0.2) is 55.6 Å². The number of ether oxygens (including phenoxy) is 2. The van der Waals surface area contributed by atoms with Gasteiger partial charge in [-0.1, -0.05) is 60.7 Å². The molecule has 0 aliphatic carbocycles. The third kappa shape index (κ3) is 8.75. The number of alkyl halides is 3. The van der Waals surface area contributed by atoms with Crippen LogP contribution in [0.1, 0.15) is 17.5 Å². The van der Waals surface area contributed by atoms with Crippen molar-refractivity contribution >= 4 is 21.9 Å². The van der Waals surface area contributed by atoms with Gasteiger partial charge in [0.15, 0.2) is 11.8 Å². The van der Waals surface area contributed by atoms with Gasteiger partial charge in [0.1, 0.15) is 13.2 Å². The third-order valence-electron chi connectivity index (χ3n) is 4.76. The summed E-state index contributed by atoms with van der Waals surface area (Å²) in [4.78, 5) is 9.38. The maximum atomic E-state index is 10.7. The molecule has 12 heteroatoms. The van der Waals surface area contributed by atoms with Crippen molar-refractivity contribution in [3.8, 4) is 0 Å². The molecule has 2 heterocycles. The Morgan fingerprint density at radius 1 is 0.824 bits per heavy atom. The second-order valence-electron chi connectivity index (χ2n) is 7.45. The Balaban J connectivity index is 0.000000394. The molecule has 2 aliphatic heterocycles. The zero-order valence-corrected chi connectivity index (χ0v) is 19.5. The molecule has 7 nitrogen and oxygen atoms in total. The molecule has 0 fully saturated rings. The molecule has 4 rings (SSSR count). The van der Waals surface area contributed by atoms with Crippen LogP contribution in [0.15, 0.2) is 70.6 Å². The summed E-state index contributed by atoms with van der Waals surface area (Å²) < 4.78 is 69.0. The van der Waals surface area contributed by atoms with Crippen LogP contribution in [-0.2, 0) is 49.5 Å². The molecule has 1 radical (unpaired) electrons. The van der Waals surface area contributed by atoms with Gasteiger partial charge in [0.2, 0.25) is 0 Å². The van der Waals surface area contributed by atoms with Crippen molar-refractivity contribution in [3.05, 3.63) is 71.8 Å². The van der Waals surface area contributed by atoms with Gasteiger partial charge in [0, 0.05) is 17.1 Å². The molecule has 34 heavy (non-hydrogen) atoms. The number of nitrogens with zero attached hydrogens (tertiary/aromatic N) is 2. The van der Waals surface area contributed by atoms with E-state index in [2.05, 4.69) is 58.5 Å². The van der Waals surface area contributed by atoms with Crippen LogP contribution in [0.3, 0.4) is 0 Å². The van der Waals surface area contributed by atoms with Crippen LogP contribution >= 0.6 is 0 Å². The molecule has 2 aromatic rings. The van der Waals surface area contributed by atoms with E-state index in [9.17, 15) is 13.2 Å². The van der Waals surface area contributed by atoms with E-state index in [0.717, 1.165) is 24.6 Å². The fourth-order valence-electron chi connectivity index (χ4n) is 3.25. The van der Waals surface area contributed by atoms with Crippen LogP contribution in [0.4, 0.5) is 13.2 Å². The van der Waals surface area contributed by atoms with E-state index in [1.54, 1.807) is 0 Å². The van der Waals surface area contributed by atoms with Gasteiger partial charge < -0.3 is 9.47 Å². The van der Waals surface area contributed by atoms with Crippen LogP contribution in [0.25, 0.3) is 0 Å². The molecule has 0 amide bonds. The standard InChI is InChI=1S/C21H22N2O2.CHF3O3S.Cu/c1-3-7-16(8-4-1)11-18-14-24-20(22-18)13-21-23-19(15-25-21)12-17-9-5-2-6-10-17;2-1(3,4)8(5,6)7;/h1-10,18-19H,11-15H2;(H,5,6,7);/t18-,19-;;/m0../s1. The maximum absolute atomic E-state index is 10.7. The summed E-state index contributed by atoms with van der Waals surface area (Å²) in [5.41, 5.74) is -2.95. The summed E-state index contributed by atoms with van der Waals surface area (Å²) in [6.07, 6.45) is 2.39. The number of benzene rings is 2. The molecule has 0 saturated carbocycles. The van der Waals surface area contributed by atoms with Crippen molar-refractivity contribution in [2.24, 2.45) is 9.98 Å². The molecule has 0 bridgehead atoms. The zero-order valence-electron chi connectivity index (χ0n) is 17.8. The first-order valence-corrected chi connectivity index (χ1v) is 11.5. The van der Waals surface area contributed by atoms with E-state index in [0.29, 0.717) is 19.6 Å². The van der Waals surface area contributed by atoms with Crippen LogP contribution in [0.5, 0.6) is 0 Å². The summed E-state index contributed by atoms with van der Waals surface area (Å²) in [5, 5.41) is 0. The van der Waals surface area contributed by atoms with Gasteiger partial charge in [-0.15, -0.1) is 0 Å². The molecule has 189 valence electrons. The average molecular weight is 548 g/mol. The van der Waals surface area contributed by atoms with Crippen molar-refractivity contribution in [1.29, 1.82) is 0 Å². The third-order valence-corrected chi connectivity index (χ3v) is 5.35. The largest absolute Gasteiger partial charge is 0.522 e. The fraction of sp³-hybridized carbons (Fsp3) is 0.364. The molecule has 0 spiro atoms. The predicted molar refractivity (Wildman–Crippen MR) is 117 cm³/mol. The summed E-state index contributed by atoms with van der Waals surface area (Å²) in [6, 6.07) is 21.2. The number of rotatable bonds is 6. The summed E-state index contributed by atoms with van der Waals surface area (Å²) in [7, 11) is -5.84. The number of hydrogen-bond donors (Lipinski definition) is 1. The Kier molecular flexibility index (Phi) is 10.1. The first kappa shape index (κ1) is 27.8. The number of hydrogen-bond acceptors (Lipinski definition) is 6. The van der Waals surface area contributed by atoms with Crippen LogP contribution < -0.4 is 0 Å². The number of halogens is 3. The molecule has 0 aromatic heterocycles. The van der Waals surface area contributed by atoms with E-state index in [1.165, 1.54) is 11.1 Å². The smallest absolute Gasteiger partial charge is 0.478 e. The molecular formula is C22H23CuF3N2O5S. The predicted octanol–water partition coefficient (Wildman–Crippen LogP) is 3.85. The topological polar surface area (TPSA) is 97.6 Å². The minimum absolute atomic E-state index is 0. The molecule has 2 aliphatic rings. The summed E-state index contributed by atoms with van der Waals surface area (Å²) in [6.45, 7) is 1.29. The SMILES string of the molecule is O=S(=O)(O)C(F)(F)F.[Cu].c1ccc(C[C@H]2COC(CC3=N[C@@H](Cc4ccccc4)CO3)=N2)cc1. The van der Waals surface area contributed by atoms with Gasteiger partial charge in [-0.2, -0.15) is 21.6 Å². The van der Waals surface area contributed by atoms with E-state index in [1.807, 2.05) is 12.1 Å². The quantitative estimate of drug-likeness (QED) is 0.336. The second-order valence-corrected chi connectivity index (χ2v) is 8.87. The molecular weight excluding hydrogens is 525 g/mol.